The SMILES string of the molecule is [N-]=[N+]=NCC(O)C1CCN(C(=O)OCc2ccccc2)CC1. The van der Waals surface area contributed by atoms with Gasteiger partial charge in [-0.25, -0.2) is 4.79 Å². The fourth-order valence-corrected chi connectivity index (χ4v) is 2.55. The summed E-state index contributed by atoms with van der Waals surface area (Å²) in [6.07, 6.45) is 0.399. The number of azide groups is 1. The Morgan fingerprint density at radius 2 is 2.09 bits per heavy atom. The van der Waals surface area contributed by atoms with Crippen molar-refractivity contribution in [1.82, 2.24) is 4.90 Å². The van der Waals surface area contributed by atoms with Crippen molar-refractivity contribution < 1.29 is 14.6 Å². The number of hydrogen-bond acceptors (Lipinski definition) is 4. The molecule has 0 aliphatic carbocycles. The average Bonchev–Trinajstić information content (AvgIpc) is 2.58. The van der Waals surface area contributed by atoms with Gasteiger partial charge in [-0.15, -0.1) is 0 Å². The molecule has 1 saturated heterocycles. The molecule has 1 aromatic carbocycles. The van der Waals surface area contributed by atoms with Crippen molar-refractivity contribution in [3.63, 3.8) is 0 Å². The molecular formula is C15H20N4O3. The molecule has 0 aromatic heterocycles. The predicted octanol–water partition coefficient (Wildman–Crippen LogP) is 2.71. The lowest BCUT2D eigenvalue weighted by molar-refractivity contribution is 0.0490. The molecule has 0 radical (unpaired) electrons. The maximum absolute atomic E-state index is 12.0. The Kier molecular flexibility index (Phi) is 6.06. The van der Waals surface area contributed by atoms with Gasteiger partial charge in [-0.1, -0.05) is 35.4 Å². The minimum absolute atomic E-state index is 0.0590. The third-order valence-electron chi connectivity index (χ3n) is 3.88. The number of amides is 1. The molecule has 1 atom stereocenters. The van der Waals surface area contributed by atoms with E-state index >= 15 is 0 Å². The monoisotopic (exact) mass is 304 g/mol. The van der Waals surface area contributed by atoms with Gasteiger partial charge < -0.3 is 14.7 Å². The Bertz CT molecular complexity index is 523. The molecular weight excluding hydrogens is 284 g/mol. The van der Waals surface area contributed by atoms with Gasteiger partial charge in [0, 0.05) is 18.0 Å². The standard InChI is InChI=1S/C15H20N4O3/c16-18-17-10-14(20)13-6-8-19(9-7-13)15(21)22-11-12-4-2-1-3-5-12/h1-5,13-14,20H,6-11H2. The lowest BCUT2D eigenvalue weighted by Crippen LogP contribution is -2.42. The second-order valence-corrected chi connectivity index (χ2v) is 5.35. The fourth-order valence-electron chi connectivity index (χ4n) is 2.55. The van der Waals surface area contributed by atoms with E-state index in [1.807, 2.05) is 30.3 Å². The van der Waals surface area contributed by atoms with Gasteiger partial charge >= 0.3 is 6.09 Å². The molecule has 7 nitrogen and oxygen atoms in total. The number of carbonyl (C=O) groups is 1. The average molecular weight is 304 g/mol. The summed E-state index contributed by atoms with van der Waals surface area (Å²) in [5.41, 5.74) is 9.21. The smallest absolute Gasteiger partial charge is 0.410 e. The highest BCUT2D eigenvalue weighted by Gasteiger charge is 2.27. The second kappa shape index (κ2) is 8.26. The van der Waals surface area contributed by atoms with Gasteiger partial charge in [0.15, 0.2) is 0 Å². The maximum atomic E-state index is 12.0. The van der Waals surface area contributed by atoms with Gasteiger partial charge in [0.25, 0.3) is 0 Å². The Balaban J connectivity index is 1.74. The molecule has 0 saturated carbocycles. The number of likely N-dealkylation sites (tertiary alicyclic amines) is 1. The number of hydrogen-bond donors (Lipinski definition) is 1. The van der Waals surface area contributed by atoms with Crippen molar-refractivity contribution in [2.75, 3.05) is 19.6 Å². The summed E-state index contributed by atoms with van der Waals surface area (Å²) in [6.45, 7) is 1.44. The van der Waals surface area contributed by atoms with Gasteiger partial charge in [0.1, 0.15) is 6.61 Å². The zero-order valence-electron chi connectivity index (χ0n) is 12.3. The van der Waals surface area contributed by atoms with Crippen LogP contribution in [0.5, 0.6) is 0 Å². The van der Waals surface area contributed by atoms with Crippen molar-refractivity contribution >= 4 is 6.09 Å². The predicted molar refractivity (Wildman–Crippen MR) is 80.9 cm³/mol. The second-order valence-electron chi connectivity index (χ2n) is 5.35. The molecule has 1 amide bonds. The summed E-state index contributed by atoms with van der Waals surface area (Å²) in [7, 11) is 0. The van der Waals surface area contributed by atoms with Crippen LogP contribution in [0.1, 0.15) is 18.4 Å². The third-order valence-corrected chi connectivity index (χ3v) is 3.88. The molecule has 22 heavy (non-hydrogen) atoms. The van der Waals surface area contributed by atoms with Crippen molar-refractivity contribution in [3.8, 4) is 0 Å². The molecule has 1 fully saturated rings. The van der Waals surface area contributed by atoms with E-state index in [1.54, 1.807) is 4.90 Å². The normalized spacial score (nSPS) is 16.7. The van der Waals surface area contributed by atoms with E-state index in [2.05, 4.69) is 10.0 Å². The minimum Gasteiger partial charge on any atom is -0.445 e. The number of ether oxygens (including phenoxy) is 1. The van der Waals surface area contributed by atoms with Crippen molar-refractivity contribution in [3.05, 3.63) is 46.3 Å². The summed E-state index contributed by atoms with van der Waals surface area (Å²) in [5.74, 6) is 0.0590. The first kappa shape index (κ1) is 16.1. The first-order valence-electron chi connectivity index (χ1n) is 7.35. The molecule has 1 aromatic rings. The van der Waals surface area contributed by atoms with E-state index in [0.29, 0.717) is 25.9 Å². The van der Waals surface area contributed by atoms with E-state index < -0.39 is 6.10 Å². The highest BCUT2D eigenvalue weighted by molar-refractivity contribution is 5.67. The summed E-state index contributed by atoms with van der Waals surface area (Å²) >= 11 is 0. The first-order chi connectivity index (χ1) is 10.7. The van der Waals surface area contributed by atoms with Crippen LogP contribution in [0.2, 0.25) is 0 Å². The van der Waals surface area contributed by atoms with Crippen LogP contribution in [0.4, 0.5) is 4.79 Å². The number of nitrogens with zero attached hydrogens (tertiary/aromatic N) is 4. The Labute approximate surface area is 129 Å². The fraction of sp³-hybridized carbons (Fsp3) is 0.533. The van der Waals surface area contributed by atoms with E-state index in [0.717, 1.165) is 5.56 Å². The Hall–Kier alpha value is -2.24. The Morgan fingerprint density at radius 1 is 1.41 bits per heavy atom. The van der Waals surface area contributed by atoms with Gasteiger partial charge in [0.05, 0.1) is 12.6 Å². The van der Waals surface area contributed by atoms with Crippen LogP contribution in [0.25, 0.3) is 10.4 Å². The zero-order valence-corrected chi connectivity index (χ0v) is 12.3. The summed E-state index contributed by atoms with van der Waals surface area (Å²) in [4.78, 5) is 16.3. The van der Waals surface area contributed by atoms with Crippen LogP contribution in [-0.2, 0) is 11.3 Å². The molecule has 7 heteroatoms. The Morgan fingerprint density at radius 3 is 2.73 bits per heavy atom. The zero-order chi connectivity index (χ0) is 15.8. The molecule has 0 bridgehead atoms. The number of aliphatic hydroxyl groups excluding tert-OH is 1. The summed E-state index contributed by atoms with van der Waals surface area (Å²) in [5, 5.41) is 13.3. The van der Waals surface area contributed by atoms with Crippen molar-refractivity contribution in [2.45, 2.75) is 25.6 Å². The number of aliphatic hydroxyl groups is 1. The van der Waals surface area contributed by atoms with E-state index in [-0.39, 0.29) is 25.2 Å². The highest BCUT2D eigenvalue weighted by atomic mass is 16.6. The maximum Gasteiger partial charge on any atom is 0.410 e. The molecule has 1 aliphatic rings. The molecule has 118 valence electrons. The minimum atomic E-state index is -0.640. The van der Waals surface area contributed by atoms with Crippen LogP contribution < -0.4 is 0 Å². The first-order valence-corrected chi connectivity index (χ1v) is 7.35. The number of piperidine rings is 1. The highest BCUT2D eigenvalue weighted by Crippen LogP contribution is 2.21. The van der Waals surface area contributed by atoms with Crippen molar-refractivity contribution in [2.24, 2.45) is 11.0 Å². The molecule has 1 aliphatic heterocycles. The largest absolute Gasteiger partial charge is 0.445 e. The van der Waals surface area contributed by atoms with Gasteiger partial charge in [-0.2, -0.15) is 0 Å². The molecule has 1 unspecified atom stereocenters. The molecule has 2 rings (SSSR count). The summed E-state index contributed by atoms with van der Waals surface area (Å²) in [6, 6.07) is 9.54. The van der Waals surface area contributed by atoms with E-state index in [1.165, 1.54) is 0 Å². The van der Waals surface area contributed by atoms with Crippen LogP contribution in [-0.4, -0.2) is 41.8 Å². The number of benzene rings is 1. The summed E-state index contributed by atoms with van der Waals surface area (Å²) < 4.78 is 5.29. The van der Waals surface area contributed by atoms with Gasteiger partial charge in [-0.05, 0) is 29.9 Å². The number of rotatable bonds is 5. The van der Waals surface area contributed by atoms with Crippen LogP contribution in [0, 0.1) is 5.92 Å². The quantitative estimate of drug-likeness (QED) is 0.514. The lowest BCUT2D eigenvalue weighted by Gasteiger charge is -2.33. The lowest BCUT2D eigenvalue weighted by atomic mass is 9.91. The topological polar surface area (TPSA) is 98.5 Å². The van der Waals surface area contributed by atoms with E-state index in [9.17, 15) is 9.90 Å². The third kappa shape index (κ3) is 4.65. The van der Waals surface area contributed by atoms with Crippen molar-refractivity contribution in [1.29, 1.82) is 0 Å². The molecule has 0 spiro atoms. The molecule has 1 N–H and O–H groups in total. The van der Waals surface area contributed by atoms with Gasteiger partial charge in [0.2, 0.25) is 0 Å². The van der Waals surface area contributed by atoms with E-state index in [4.69, 9.17) is 10.3 Å². The molecule has 1 heterocycles. The van der Waals surface area contributed by atoms with Crippen LogP contribution in [0.15, 0.2) is 35.4 Å². The number of carbonyl (C=O) groups excluding carboxylic acids is 1. The van der Waals surface area contributed by atoms with Gasteiger partial charge in [-0.3, -0.25) is 0 Å². The van der Waals surface area contributed by atoms with Crippen LogP contribution in [0.3, 0.4) is 0 Å². The van der Waals surface area contributed by atoms with Crippen LogP contribution >= 0.6 is 0 Å².